The molecule has 16 heavy (non-hydrogen) atoms. The summed E-state index contributed by atoms with van der Waals surface area (Å²) >= 11 is 1.50. The molecule has 0 N–H and O–H groups in total. The Morgan fingerprint density at radius 1 is 1.31 bits per heavy atom. The Bertz CT molecular complexity index is 499. The van der Waals surface area contributed by atoms with Gasteiger partial charge < -0.3 is 0 Å². The summed E-state index contributed by atoms with van der Waals surface area (Å²) in [5.41, 5.74) is 3.01. The predicted octanol–water partition coefficient (Wildman–Crippen LogP) is 3.19. The molecule has 0 saturated carbocycles. The number of pyridine rings is 1. The maximum absolute atomic E-state index is 12.0. The summed E-state index contributed by atoms with van der Waals surface area (Å²) in [6.07, 6.45) is 2.19. The molecule has 0 amide bonds. The minimum Gasteiger partial charge on any atom is -0.293 e. The van der Waals surface area contributed by atoms with Crippen molar-refractivity contribution in [3.05, 3.63) is 51.5 Å². The first-order valence-corrected chi connectivity index (χ1v) is 6.03. The fraction of sp³-hybridized carbons (Fsp3) is 0.231. The van der Waals surface area contributed by atoms with E-state index in [0.717, 1.165) is 21.7 Å². The van der Waals surface area contributed by atoms with Crippen molar-refractivity contribution >= 4 is 17.1 Å². The SMILES string of the molecule is Cc1ccc(CC(=O)c2sccc2C)nc1. The highest BCUT2D eigenvalue weighted by atomic mass is 32.1. The van der Waals surface area contributed by atoms with Gasteiger partial charge in [-0.3, -0.25) is 9.78 Å². The van der Waals surface area contributed by atoms with E-state index >= 15 is 0 Å². The molecule has 0 aromatic carbocycles. The molecule has 0 aliphatic carbocycles. The van der Waals surface area contributed by atoms with Crippen LogP contribution >= 0.6 is 11.3 Å². The Hall–Kier alpha value is -1.48. The van der Waals surface area contributed by atoms with E-state index in [9.17, 15) is 4.79 Å². The Kier molecular flexibility index (Phi) is 3.15. The van der Waals surface area contributed by atoms with Gasteiger partial charge in [-0.15, -0.1) is 11.3 Å². The molecule has 2 aromatic heterocycles. The summed E-state index contributed by atoms with van der Waals surface area (Å²) < 4.78 is 0. The standard InChI is InChI=1S/C13H13NOS/c1-9-3-4-11(14-8-9)7-12(15)13-10(2)5-6-16-13/h3-6,8H,7H2,1-2H3. The van der Waals surface area contributed by atoms with Crippen LogP contribution in [-0.4, -0.2) is 10.8 Å². The number of Topliss-reactive ketones (excluding diaryl/α,β-unsaturated/α-hetero) is 1. The quantitative estimate of drug-likeness (QED) is 0.759. The molecule has 2 aromatic rings. The van der Waals surface area contributed by atoms with Crippen molar-refractivity contribution in [2.75, 3.05) is 0 Å². The highest BCUT2D eigenvalue weighted by Crippen LogP contribution is 2.17. The number of aryl methyl sites for hydroxylation is 2. The smallest absolute Gasteiger partial charge is 0.178 e. The zero-order valence-corrected chi connectivity index (χ0v) is 10.2. The van der Waals surface area contributed by atoms with E-state index in [1.807, 2.05) is 37.4 Å². The lowest BCUT2D eigenvalue weighted by Gasteiger charge is -2.00. The van der Waals surface area contributed by atoms with Gasteiger partial charge in [0.15, 0.2) is 5.78 Å². The lowest BCUT2D eigenvalue weighted by atomic mass is 10.1. The third-order valence-corrected chi connectivity index (χ3v) is 3.49. The molecular formula is C13H13NOS. The number of hydrogen-bond acceptors (Lipinski definition) is 3. The Morgan fingerprint density at radius 2 is 2.12 bits per heavy atom. The van der Waals surface area contributed by atoms with Gasteiger partial charge in [0, 0.05) is 11.9 Å². The fourth-order valence-electron chi connectivity index (χ4n) is 1.51. The normalized spacial score (nSPS) is 10.4. The first kappa shape index (κ1) is 11.0. The second kappa shape index (κ2) is 4.58. The number of nitrogens with zero attached hydrogens (tertiary/aromatic N) is 1. The highest BCUT2D eigenvalue weighted by Gasteiger charge is 2.11. The van der Waals surface area contributed by atoms with E-state index in [1.54, 1.807) is 6.20 Å². The van der Waals surface area contributed by atoms with Crippen LogP contribution < -0.4 is 0 Å². The summed E-state index contributed by atoms with van der Waals surface area (Å²) in [5, 5.41) is 1.95. The van der Waals surface area contributed by atoms with Crippen LogP contribution in [0.15, 0.2) is 29.8 Å². The minimum absolute atomic E-state index is 0.156. The van der Waals surface area contributed by atoms with Gasteiger partial charge in [-0.25, -0.2) is 0 Å². The van der Waals surface area contributed by atoms with Crippen LogP contribution in [0.3, 0.4) is 0 Å². The zero-order chi connectivity index (χ0) is 11.5. The van der Waals surface area contributed by atoms with Gasteiger partial charge in [-0.1, -0.05) is 6.07 Å². The third kappa shape index (κ3) is 2.36. The molecule has 0 unspecified atom stereocenters. The molecule has 0 fully saturated rings. The molecule has 0 aliphatic heterocycles. The van der Waals surface area contributed by atoms with Crippen LogP contribution in [0.2, 0.25) is 0 Å². The van der Waals surface area contributed by atoms with Crippen LogP contribution in [0.5, 0.6) is 0 Å². The first-order valence-electron chi connectivity index (χ1n) is 5.15. The van der Waals surface area contributed by atoms with E-state index in [2.05, 4.69) is 4.98 Å². The summed E-state index contributed by atoms with van der Waals surface area (Å²) in [6, 6.07) is 5.87. The summed E-state index contributed by atoms with van der Waals surface area (Å²) in [5.74, 6) is 0.156. The lowest BCUT2D eigenvalue weighted by molar-refractivity contribution is 0.0995. The topological polar surface area (TPSA) is 30.0 Å². The average molecular weight is 231 g/mol. The second-order valence-corrected chi connectivity index (χ2v) is 4.78. The van der Waals surface area contributed by atoms with Crippen molar-refractivity contribution in [3.8, 4) is 0 Å². The molecule has 0 aliphatic rings. The van der Waals surface area contributed by atoms with Gasteiger partial charge in [0.2, 0.25) is 0 Å². The van der Waals surface area contributed by atoms with Gasteiger partial charge in [0.05, 0.1) is 11.3 Å². The van der Waals surface area contributed by atoms with Crippen LogP contribution in [0.25, 0.3) is 0 Å². The number of carbonyl (C=O) groups excluding carboxylic acids is 1. The molecule has 3 heteroatoms. The van der Waals surface area contributed by atoms with Crippen LogP contribution in [0.1, 0.15) is 26.5 Å². The van der Waals surface area contributed by atoms with Crippen molar-refractivity contribution < 1.29 is 4.79 Å². The number of rotatable bonds is 3. The summed E-state index contributed by atoms with van der Waals surface area (Å²) in [4.78, 5) is 17.0. The van der Waals surface area contributed by atoms with Crippen molar-refractivity contribution in [3.63, 3.8) is 0 Å². The Balaban J connectivity index is 2.14. The van der Waals surface area contributed by atoms with Crippen molar-refractivity contribution in [2.45, 2.75) is 20.3 Å². The molecular weight excluding hydrogens is 218 g/mol. The van der Waals surface area contributed by atoms with Gasteiger partial charge in [0.1, 0.15) is 0 Å². The lowest BCUT2D eigenvalue weighted by Crippen LogP contribution is -2.04. The van der Waals surface area contributed by atoms with Crippen molar-refractivity contribution in [1.29, 1.82) is 0 Å². The maximum Gasteiger partial charge on any atom is 0.178 e. The zero-order valence-electron chi connectivity index (χ0n) is 9.36. The molecule has 2 rings (SSSR count). The van der Waals surface area contributed by atoms with Crippen molar-refractivity contribution in [2.24, 2.45) is 0 Å². The number of carbonyl (C=O) groups is 1. The third-order valence-electron chi connectivity index (χ3n) is 2.43. The second-order valence-electron chi connectivity index (χ2n) is 3.86. The van der Waals surface area contributed by atoms with E-state index < -0.39 is 0 Å². The number of thiophene rings is 1. The van der Waals surface area contributed by atoms with Crippen LogP contribution in [0.4, 0.5) is 0 Å². The van der Waals surface area contributed by atoms with E-state index in [1.165, 1.54) is 11.3 Å². The molecule has 0 spiro atoms. The van der Waals surface area contributed by atoms with E-state index in [4.69, 9.17) is 0 Å². The number of aromatic nitrogens is 1. The predicted molar refractivity (Wildman–Crippen MR) is 66.1 cm³/mol. The molecule has 0 saturated heterocycles. The van der Waals surface area contributed by atoms with Crippen molar-refractivity contribution in [1.82, 2.24) is 4.98 Å². The molecule has 0 radical (unpaired) electrons. The van der Waals surface area contributed by atoms with Gasteiger partial charge in [0.25, 0.3) is 0 Å². The monoisotopic (exact) mass is 231 g/mol. The Labute approximate surface area is 99.0 Å². The molecule has 82 valence electrons. The van der Waals surface area contributed by atoms with E-state index in [-0.39, 0.29) is 5.78 Å². The minimum atomic E-state index is 0.156. The molecule has 0 atom stereocenters. The summed E-state index contributed by atoms with van der Waals surface area (Å²) in [7, 11) is 0. The van der Waals surface area contributed by atoms with Crippen LogP contribution in [0, 0.1) is 13.8 Å². The largest absolute Gasteiger partial charge is 0.293 e. The number of ketones is 1. The maximum atomic E-state index is 12.0. The van der Waals surface area contributed by atoms with Gasteiger partial charge in [-0.2, -0.15) is 0 Å². The van der Waals surface area contributed by atoms with E-state index in [0.29, 0.717) is 6.42 Å². The highest BCUT2D eigenvalue weighted by molar-refractivity contribution is 7.12. The van der Waals surface area contributed by atoms with Gasteiger partial charge >= 0.3 is 0 Å². The van der Waals surface area contributed by atoms with Crippen LogP contribution in [-0.2, 0) is 6.42 Å². The molecule has 2 nitrogen and oxygen atoms in total. The average Bonchev–Trinajstić information content (AvgIpc) is 2.68. The Morgan fingerprint density at radius 3 is 2.69 bits per heavy atom. The molecule has 0 bridgehead atoms. The molecule has 2 heterocycles. The first-order chi connectivity index (χ1) is 7.66. The fourth-order valence-corrected chi connectivity index (χ4v) is 2.37. The number of hydrogen-bond donors (Lipinski definition) is 0. The van der Waals surface area contributed by atoms with Gasteiger partial charge in [-0.05, 0) is 42.5 Å². The summed E-state index contributed by atoms with van der Waals surface area (Å²) in [6.45, 7) is 3.95.